The molecule has 0 bridgehead atoms. The zero-order chi connectivity index (χ0) is 14.9. The van der Waals surface area contributed by atoms with E-state index in [0.29, 0.717) is 12.5 Å². The SMILES string of the molecule is CN(Cc1ccc2cc[nH]c2n1)Cc1noc(C2CCC2)n1. The van der Waals surface area contributed by atoms with Gasteiger partial charge in [-0.3, -0.25) is 4.90 Å². The third kappa shape index (κ3) is 2.62. The van der Waals surface area contributed by atoms with Crippen LogP contribution in [0.5, 0.6) is 0 Å². The van der Waals surface area contributed by atoms with Crippen LogP contribution < -0.4 is 0 Å². The van der Waals surface area contributed by atoms with E-state index in [1.54, 1.807) is 0 Å². The molecule has 1 fully saturated rings. The van der Waals surface area contributed by atoms with E-state index in [1.807, 2.05) is 19.3 Å². The van der Waals surface area contributed by atoms with Crippen LogP contribution in [-0.2, 0) is 13.1 Å². The molecule has 3 aromatic rings. The predicted octanol–water partition coefficient (Wildman–Crippen LogP) is 2.85. The van der Waals surface area contributed by atoms with Crippen molar-refractivity contribution in [1.29, 1.82) is 0 Å². The lowest BCUT2D eigenvalue weighted by Gasteiger charge is -2.20. The maximum Gasteiger partial charge on any atom is 0.229 e. The van der Waals surface area contributed by atoms with E-state index in [2.05, 4.69) is 37.1 Å². The number of nitrogens with one attached hydrogen (secondary N) is 1. The van der Waals surface area contributed by atoms with Gasteiger partial charge in [-0.05, 0) is 38.1 Å². The van der Waals surface area contributed by atoms with Crippen LogP contribution in [-0.4, -0.2) is 32.1 Å². The zero-order valence-corrected chi connectivity index (χ0v) is 12.6. The predicted molar refractivity (Wildman–Crippen MR) is 82.2 cm³/mol. The minimum atomic E-state index is 0.489. The van der Waals surface area contributed by atoms with Crippen molar-refractivity contribution in [3.8, 4) is 0 Å². The fourth-order valence-corrected chi connectivity index (χ4v) is 2.79. The molecule has 6 nitrogen and oxygen atoms in total. The van der Waals surface area contributed by atoms with Crippen LogP contribution in [0.15, 0.2) is 28.9 Å². The quantitative estimate of drug-likeness (QED) is 0.784. The maximum atomic E-state index is 5.36. The van der Waals surface area contributed by atoms with Gasteiger partial charge in [0.05, 0.1) is 12.2 Å². The molecule has 0 atom stereocenters. The van der Waals surface area contributed by atoms with E-state index in [4.69, 9.17) is 4.52 Å². The van der Waals surface area contributed by atoms with Crippen molar-refractivity contribution < 1.29 is 4.52 Å². The summed E-state index contributed by atoms with van der Waals surface area (Å²) in [6, 6.07) is 6.17. The van der Waals surface area contributed by atoms with E-state index in [1.165, 1.54) is 19.3 Å². The Labute approximate surface area is 128 Å². The summed E-state index contributed by atoms with van der Waals surface area (Å²) in [6.07, 6.45) is 5.54. The molecule has 0 aromatic carbocycles. The Bertz CT molecular complexity index is 774. The van der Waals surface area contributed by atoms with Crippen molar-refractivity contribution >= 4 is 11.0 Å². The van der Waals surface area contributed by atoms with Crippen molar-refractivity contribution in [3.63, 3.8) is 0 Å². The Balaban J connectivity index is 1.40. The Morgan fingerprint density at radius 2 is 2.14 bits per heavy atom. The van der Waals surface area contributed by atoms with Gasteiger partial charge < -0.3 is 9.51 Å². The summed E-state index contributed by atoms with van der Waals surface area (Å²) in [4.78, 5) is 14.4. The summed E-state index contributed by atoms with van der Waals surface area (Å²) in [5, 5.41) is 5.22. The standard InChI is InChI=1S/C16H19N5O/c1-21(9-13-6-5-11-7-8-17-15(11)18-13)10-14-19-16(22-20-14)12-3-2-4-12/h5-8,12H,2-4,9-10H2,1H3,(H,17,18). The molecule has 1 aliphatic rings. The molecule has 3 heterocycles. The van der Waals surface area contributed by atoms with E-state index >= 15 is 0 Å². The molecule has 1 saturated carbocycles. The second-order valence-electron chi connectivity index (χ2n) is 6.07. The van der Waals surface area contributed by atoms with E-state index in [9.17, 15) is 0 Å². The molecule has 22 heavy (non-hydrogen) atoms. The molecule has 0 aliphatic heterocycles. The van der Waals surface area contributed by atoms with Crippen molar-refractivity contribution in [3.05, 3.63) is 41.8 Å². The van der Waals surface area contributed by atoms with Crippen molar-refractivity contribution in [2.24, 2.45) is 0 Å². The van der Waals surface area contributed by atoms with Gasteiger partial charge >= 0.3 is 0 Å². The van der Waals surface area contributed by atoms with Gasteiger partial charge in [0.25, 0.3) is 0 Å². The van der Waals surface area contributed by atoms with Gasteiger partial charge in [-0.25, -0.2) is 4.98 Å². The topological polar surface area (TPSA) is 70.8 Å². The van der Waals surface area contributed by atoms with Crippen LogP contribution >= 0.6 is 0 Å². The average molecular weight is 297 g/mol. The van der Waals surface area contributed by atoms with Crippen LogP contribution in [0.4, 0.5) is 0 Å². The largest absolute Gasteiger partial charge is 0.346 e. The summed E-state index contributed by atoms with van der Waals surface area (Å²) in [5.74, 6) is 2.05. The lowest BCUT2D eigenvalue weighted by Crippen LogP contribution is -2.19. The Hall–Kier alpha value is -2.21. The second kappa shape index (κ2) is 5.53. The highest BCUT2D eigenvalue weighted by molar-refractivity contribution is 5.75. The Kier molecular flexibility index (Phi) is 3.38. The van der Waals surface area contributed by atoms with Gasteiger partial charge in [0.2, 0.25) is 5.89 Å². The van der Waals surface area contributed by atoms with Crippen LogP contribution in [0.1, 0.15) is 42.6 Å². The number of nitrogens with zero attached hydrogens (tertiary/aromatic N) is 4. The first-order valence-corrected chi connectivity index (χ1v) is 7.72. The highest BCUT2D eigenvalue weighted by Crippen LogP contribution is 2.35. The van der Waals surface area contributed by atoms with Gasteiger partial charge in [-0.15, -0.1) is 0 Å². The number of aromatic amines is 1. The van der Waals surface area contributed by atoms with Gasteiger partial charge in [0, 0.05) is 24.0 Å². The fourth-order valence-electron chi connectivity index (χ4n) is 2.79. The lowest BCUT2D eigenvalue weighted by molar-refractivity contribution is 0.280. The number of hydrogen-bond acceptors (Lipinski definition) is 5. The molecule has 6 heteroatoms. The summed E-state index contributed by atoms with van der Waals surface area (Å²) < 4.78 is 5.36. The average Bonchev–Trinajstić information content (AvgIpc) is 3.05. The molecule has 1 aliphatic carbocycles. The summed E-state index contributed by atoms with van der Waals surface area (Å²) in [7, 11) is 2.04. The molecule has 0 amide bonds. The number of fused-ring (bicyclic) bond motifs is 1. The monoisotopic (exact) mass is 297 g/mol. The molecule has 0 unspecified atom stereocenters. The first kappa shape index (κ1) is 13.5. The summed E-state index contributed by atoms with van der Waals surface area (Å²) in [6.45, 7) is 1.42. The number of hydrogen-bond donors (Lipinski definition) is 1. The van der Waals surface area contributed by atoms with Crippen molar-refractivity contribution in [1.82, 2.24) is 25.0 Å². The molecule has 0 radical (unpaired) electrons. The number of pyridine rings is 1. The van der Waals surface area contributed by atoms with Gasteiger partial charge in [-0.2, -0.15) is 4.98 Å². The van der Waals surface area contributed by atoms with Gasteiger partial charge in [0.1, 0.15) is 5.65 Å². The number of aromatic nitrogens is 4. The van der Waals surface area contributed by atoms with Crippen molar-refractivity contribution in [2.45, 2.75) is 38.3 Å². The van der Waals surface area contributed by atoms with Gasteiger partial charge in [0.15, 0.2) is 5.82 Å². The van der Waals surface area contributed by atoms with E-state index in [0.717, 1.165) is 35.0 Å². The maximum absolute atomic E-state index is 5.36. The zero-order valence-electron chi connectivity index (χ0n) is 12.6. The minimum absolute atomic E-state index is 0.489. The fraction of sp³-hybridized carbons (Fsp3) is 0.438. The van der Waals surface area contributed by atoms with E-state index in [-0.39, 0.29) is 0 Å². The molecule has 114 valence electrons. The summed E-state index contributed by atoms with van der Waals surface area (Å²) >= 11 is 0. The van der Waals surface area contributed by atoms with Crippen LogP contribution in [0.25, 0.3) is 11.0 Å². The molecule has 0 spiro atoms. The molecule has 0 saturated heterocycles. The smallest absolute Gasteiger partial charge is 0.229 e. The Morgan fingerprint density at radius 1 is 1.23 bits per heavy atom. The lowest BCUT2D eigenvalue weighted by atomic mass is 9.85. The molecule has 4 rings (SSSR count). The third-order valence-corrected chi connectivity index (χ3v) is 4.25. The normalized spacial score (nSPS) is 15.5. The first-order chi connectivity index (χ1) is 10.8. The highest BCUT2D eigenvalue weighted by atomic mass is 16.5. The van der Waals surface area contributed by atoms with Crippen molar-refractivity contribution in [2.75, 3.05) is 7.05 Å². The first-order valence-electron chi connectivity index (χ1n) is 7.72. The highest BCUT2D eigenvalue weighted by Gasteiger charge is 2.25. The molecule has 1 N–H and O–H groups in total. The van der Waals surface area contributed by atoms with Crippen LogP contribution in [0.2, 0.25) is 0 Å². The molecular formula is C16H19N5O. The summed E-state index contributed by atoms with van der Waals surface area (Å²) in [5.41, 5.74) is 1.96. The third-order valence-electron chi connectivity index (χ3n) is 4.25. The number of rotatable bonds is 5. The number of H-pyrrole nitrogens is 1. The van der Waals surface area contributed by atoms with E-state index < -0.39 is 0 Å². The van der Waals surface area contributed by atoms with Gasteiger partial charge in [-0.1, -0.05) is 11.6 Å². The molecular weight excluding hydrogens is 278 g/mol. The Morgan fingerprint density at radius 3 is 2.95 bits per heavy atom. The second-order valence-corrected chi connectivity index (χ2v) is 6.07. The molecule has 3 aromatic heterocycles. The minimum Gasteiger partial charge on any atom is -0.346 e. The van der Waals surface area contributed by atoms with Crippen LogP contribution in [0, 0.1) is 0 Å². The van der Waals surface area contributed by atoms with Crippen LogP contribution in [0.3, 0.4) is 0 Å².